The highest BCUT2D eigenvalue weighted by Gasteiger charge is 2.35. The van der Waals surface area contributed by atoms with Crippen molar-refractivity contribution in [2.24, 2.45) is 5.92 Å². The third-order valence-corrected chi connectivity index (χ3v) is 5.73. The summed E-state index contributed by atoms with van der Waals surface area (Å²) in [7, 11) is 0. The monoisotopic (exact) mass is 396 g/mol. The second kappa shape index (κ2) is 10.1. The zero-order chi connectivity index (χ0) is 20.6. The average Bonchev–Trinajstić information content (AvgIpc) is 2.76. The number of esters is 1. The smallest absolute Gasteiger partial charge is 0.349 e. The summed E-state index contributed by atoms with van der Waals surface area (Å²) in [6.07, 6.45) is 8.23. The maximum atomic E-state index is 12.7. The van der Waals surface area contributed by atoms with Gasteiger partial charge in [-0.25, -0.2) is 4.79 Å². The highest BCUT2D eigenvalue weighted by molar-refractivity contribution is 5.98. The van der Waals surface area contributed by atoms with Gasteiger partial charge in [0.05, 0.1) is 6.61 Å². The van der Waals surface area contributed by atoms with Gasteiger partial charge in [0.15, 0.2) is 6.61 Å². The minimum atomic E-state index is -0.771. The average molecular weight is 396 g/mol. The van der Waals surface area contributed by atoms with E-state index in [4.69, 9.17) is 9.47 Å². The van der Waals surface area contributed by atoms with Crippen LogP contribution in [0.1, 0.15) is 51.0 Å². The van der Waals surface area contributed by atoms with Crippen LogP contribution in [0.3, 0.4) is 0 Å². The maximum absolute atomic E-state index is 12.7. The number of ether oxygens (including phenoxy) is 2. The van der Waals surface area contributed by atoms with Crippen molar-refractivity contribution in [3.63, 3.8) is 0 Å². The molecule has 1 aromatic carbocycles. The van der Waals surface area contributed by atoms with E-state index in [0.717, 1.165) is 31.6 Å². The van der Waals surface area contributed by atoms with Crippen molar-refractivity contribution in [2.75, 3.05) is 19.8 Å². The molecule has 2 aliphatic rings. The van der Waals surface area contributed by atoms with E-state index in [0.29, 0.717) is 18.1 Å². The molecule has 1 heterocycles. The molecule has 0 radical (unpaired) electrons. The van der Waals surface area contributed by atoms with Crippen molar-refractivity contribution in [1.29, 1.82) is 5.26 Å². The number of carbonyl (C=O) groups excluding carboxylic acids is 2. The normalized spacial score (nSPS) is 21.7. The molecule has 2 fully saturated rings. The molecule has 1 aromatic rings. The van der Waals surface area contributed by atoms with Crippen molar-refractivity contribution in [1.82, 2.24) is 4.90 Å². The van der Waals surface area contributed by atoms with Crippen molar-refractivity contribution in [3.05, 3.63) is 35.4 Å². The number of rotatable bonds is 6. The van der Waals surface area contributed by atoms with E-state index in [2.05, 4.69) is 0 Å². The number of amides is 1. The predicted octanol–water partition coefficient (Wildman–Crippen LogP) is 3.72. The third kappa shape index (κ3) is 5.38. The van der Waals surface area contributed by atoms with Crippen molar-refractivity contribution >= 4 is 18.0 Å². The van der Waals surface area contributed by atoms with Crippen LogP contribution < -0.4 is 4.74 Å². The summed E-state index contributed by atoms with van der Waals surface area (Å²) in [5, 5.41) is 9.33. The Morgan fingerprint density at radius 3 is 2.62 bits per heavy atom. The summed E-state index contributed by atoms with van der Waals surface area (Å²) in [4.78, 5) is 26.9. The fourth-order valence-electron chi connectivity index (χ4n) is 4.35. The first-order valence-corrected chi connectivity index (χ1v) is 10.4. The van der Waals surface area contributed by atoms with Crippen LogP contribution in [0.5, 0.6) is 5.75 Å². The summed E-state index contributed by atoms with van der Waals surface area (Å²) < 4.78 is 10.6. The van der Waals surface area contributed by atoms with E-state index in [1.807, 2.05) is 17.9 Å². The number of piperidine rings is 1. The van der Waals surface area contributed by atoms with E-state index < -0.39 is 5.97 Å². The standard InChI is InChI=1S/C23H28N2O4/c1-2-28-20-11-9-17(10-12-20)14-19(15-24)23(27)29-16-22(26)25-13-5-7-18-6-3-4-8-21(18)25/h9-12,14,18,21H,2-8,13,16H2,1H3/b19-14+/t18-,21-/m1/s1. The molecule has 154 valence electrons. The van der Waals surface area contributed by atoms with Gasteiger partial charge < -0.3 is 14.4 Å². The van der Waals surface area contributed by atoms with Gasteiger partial charge in [0, 0.05) is 12.6 Å². The van der Waals surface area contributed by atoms with Crippen LogP contribution in [0, 0.1) is 17.2 Å². The van der Waals surface area contributed by atoms with Gasteiger partial charge in [-0.05, 0) is 62.3 Å². The Morgan fingerprint density at radius 2 is 1.90 bits per heavy atom. The third-order valence-electron chi connectivity index (χ3n) is 5.73. The van der Waals surface area contributed by atoms with Crippen molar-refractivity contribution in [2.45, 2.75) is 51.5 Å². The summed E-state index contributed by atoms with van der Waals surface area (Å²) in [6, 6.07) is 9.22. The number of carbonyl (C=O) groups is 2. The Kier molecular flexibility index (Phi) is 7.29. The van der Waals surface area contributed by atoms with Crippen molar-refractivity contribution < 1.29 is 19.1 Å². The minimum absolute atomic E-state index is 0.129. The van der Waals surface area contributed by atoms with E-state index in [1.54, 1.807) is 24.3 Å². The van der Waals surface area contributed by atoms with Crippen LogP contribution in [0.25, 0.3) is 6.08 Å². The van der Waals surface area contributed by atoms with Gasteiger partial charge >= 0.3 is 5.97 Å². The molecule has 1 amide bonds. The molecule has 1 aliphatic heterocycles. The molecule has 0 spiro atoms. The Morgan fingerprint density at radius 1 is 1.17 bits per heavy atom. The second-order valence-electron chi connectivity index (χ2n) is 7.59. The van der Waals surface area contributed by atoms with Gasteiger partial charge in [0.25, 0.3) is 5.91 Å². The van der Waals surface area contributed by atoms with Crippen LogP contribution in [-0.2, 0) is 14.3 Å². The van der Waals surface area contributed by atoms with Gasteiger partial charge in [0.1, 0.15) is 17.4 Å². The first kappa shape index (κ1) is 20.9. The second-order valence-corrected chi connectivity index (χ2v) is 7.59. The van der Waals surface area contributed by atoms with Gasteiger partial charge in [-0.2, -0.15) is 5.26 Å². The minimum Gasteiger partial charge on any atom is -0.494 e. The van der Waals surface area contributed by atoms with Gasteiger partial charge in [0.2, 0.25) is 0 Å². The number of hydrogen-bond donors (Lipinski definition) is 0. The van der Waals surface area contributed by atoms with E-state index in [-0.39, 0.29) is 24.1 Å². The highest BCUT2D eigenvalue weighted by atomic mass is 16.5. The molecule has 29 heavy (non-hydrogen) atoms. The molecular formula is C23H28N2O4. The van der Waals surface area contributed by atoms with Crippen LogP contribution in [-0.4, -0.2) is 42.6 Å². The number of fused-ring (bicyclic) bond motifs is 1. The van der Waals surface area contributed by atoms with Crippen LogP contribution in [0.15, 0.2) is 29.8 Å². The van der Waals surface area contributed by atoms with Crippen LogP contribution in [0.4, 0.5) is 0 Å². The molecule has 6 nitrogen and oxygen atoms in total. The van der Waals surface area contributed by atoms with E-state index in [1.165, 1.54) is 25.3 Å². The maximum Gasteiger partial charge on any atom is 0.349 e. The Labute approximate surface area is 172 Å². The zero-order valence-electron chi connectivity index (χ0n) is 16.9. The molecule has 0 bridgehead atoms. The number of likely N-dealkylation sites (tertiary alicyclic amines) is 1. The molecule has 6 heteroatoms. The highest BCUT2D eigenvalue weighted by Crippen LogP contribution is 2.35. The van der Waals surface area contributed by atoms with E-state index >= 15 is 0 Å². The molecule has 0 unspecified atom stereocenters. The summed E-state index contributed by atoms with van der Waals surface area (Å²) in [5.41, 5.74) is 0.561. The largest absolute Gasteiger partial charge is 0.494 e. The number of benzene rings is 1. The van der Waals surface area contributed by atoms with Crippen LogP contribution in [0.2, 0.25) is 0 Å². The molecule has 0 N–H and O–H groups in total. The number of nitriles is 1. The fraction of sp³-hybridized carbons (Fsp3) is 0.522. The van der Waals surface area contributed by atoms with Gasteiger partial charge in [-0.3, -0.25) is 4.79 Å². The Balaban J connectivity index is 1.58. The Bertz CT molecular complexity index is 792. The lowest BCUT2D eigenvalue weighted by Gasteiger charge is -2.44. The molecule has 1 saturated heterocycles. The number of nitrogens with zero attached hydrogens (tertiary/aromatic N) is 2. The van der Waals surface area contributed by atoms with Crippen molar-refractivity contribution in [3.8, 4) is 11.8 Å². The molecule has 0 aromatic heterocycles. The molecule has 1 aliphatic carbocycles. The Hall–Kier alpha value is -2.81. The first-order valence-electron chi connectivity index (χ1n) is 10.4. The molecule has 2 atom stereocenters. The SMILES string of the molecule is CCOc1ccc(/C=C(\C#N)C(=O)OCC(=O)N2CCC[C@H]3CCCC[C@H]32)cc1. The quantitative estimate of drug-likeness (QED) is 0.416. The number of hydrogen-bond acceptors (Lipinski definition) is 5. The predicted molar refractivity (Wildman–Crippen MR) is 109 cm³/mol. The zero-order valence-corrected chi connectivity index (χ0v) is 16.9. The lowest BCUT2D eigenvalue weighted by Crippen LogP contribution is -2.50. The lowest BCUT2D eigenvalue weighted by atomic mass is 9.78. The fourth-order valence-corrected chi connectivity index (χ4v) is 4.35. The first-order chi connectivity index (χ1) is 14.1. The van der Waals surface area contributed by atoms with Gasteiger partial charge in [-0.1, -0.05) is 25.0 Å². The summed E-state index contributed by atoms with van der Waals surface area (Å²) >= 11 is 0. The van der Waals surface area contributed by atoms with Crippen LogP contribution >= 0.6 is 0 Å². The lowest BCUT2D eigenvalue weighted by molar-refractivity contribution is -0.152. The summed E-state index contributed by atoms with van der Waals surface area (Å²) in [6.45, 7) is 2.88. The summed E-state index contributed by atoms with van der Waals surface area (Å²) in [5.74, 6) is 0.366. The molecular weight excluding hydrogens is 368 g/mol. The molecule has 1 saturated carbocycles. The van der Waals surface area contributed by atoms with Gasteiger partial charge in [-0.15, -0.1) is 0 Å². The molecule has 3 rings (SSSR count). The van der Waals surface area contributed by atoms with E-state index in [9.17, 15) is 14.9 Å². The topological polar surface area (TPSA) is 79.6 Å².